The number of aromatic nitrogens is 2. The Morgan fingerprint density at radius 2 is 1.75 bits per heavy atom. The van der Waals surface area contributed by atoms with Gasteiger partial charge in [-0.25, -0.2) is 0 Å². The fraction of sp³-hybridized carbons (Fsp3) is 0.0667. The summed E-state index contributed by atoms with van der Waals surface area (Å²) in [4.78, 5) is 5.55. The van der Waals surface area contributed by atoms with E-state index in [4.69, 9.17) is 10.3 Å². The Morgan fingerprint density at radius 3 is 2.55 bits per heavy atom. The van der Waals surface area contributed by atoms with E-state index in [0.717, 1.165) is 5.56 Å². The van der Waals surface area contributed by atoms with E-state index < -0.39 is 0 Å². The Balaban J connectivity index is 1.73. The molecule has 0 aliphatic carbocycles. The molecular formula is C15H13N3OS. The Kier molecular flexibility index (Phi) is 3.69. The van der Waals surface area contributed by atoms with Crippen LogP contribution in [0.1, 0.15) is 5.89 Å². The molecule has 0 aliphatic rings. The topological polar surface area (TPSA) is 64.9 Å². The van der Waals surface area contributed by atoms with Crippen LogP contribution in [0.15, 0.2) is 64.0 Å². The Morgan fingerprint density at radius 1 is 1.00 bits per heavy atom. The first-order valence-electron chi connectivity index (χ1n) is 6.18. The SMILES string of the molecule is Nc1ccccc1-c1noc(CSc2ccccc2)n1. The first kappa shape index (κ1) is 12.7. The van der Waals surface area contributed by atoms with Gasteiger partial charge in [0.05, 0.1) is 5.75 Å². The van der Waals surface area contributed by atoms with Crippen LogP contribution in [0.3, 0.4) is 0 Å². The normalized spacial score (nSPS) is 10.6. The van der Waals surface area contributed by atoms with Crippen molar-refractivity contribution in [2.24, 2.45) is 0 Å². The second-order valence-corrected chi connectivity index (χ2v) is 5.25. The van der Waals surface area contributed by atoms with Gasteiger partial charge in [0, 0.05) is 16.1 Å². The second-order valence-electron chi connectivity index (χ2n) is 4.20. The maximum absolute atomic E-state index is 5.90. The third kappa shape index (κ3) is 2.83. The molecule has 0 aliphatic heterocycles. The van der Waals surface area contributed by atoms with Crippen molar-refractivity contribution >= 4 is 17.4 Å². The monoisotopic (exact) mass is 283 g/mol. The van der Waals surface area contributed by atoms with Crippen molar-refractivity contribution in [1.29, 1.82) is 0 Å². The molecule has 0 atom stereocenters. The Labute approximate surface area is 121 Å². The molecule has 3 rings (SSSR count). The molecule has 20 heavy (non-hydrogen) atoms. The van der Waals surface area contributed by atoms with Crippen molar-refractivity contribution in [2.45, 2.75) is 10.6 Å². The highest BCUT2D eigenvalue weighted by atomic mass is 32.2. The summed E-state index contributed by atoms with van der Waals surface area (Å²) in [6.45, 7) is 0. The minimum Gasteiger partial charge on any atom is -0.398 e. The number of hydrogen-bond donors (Lipinski definition) is 1. The summed E-state index contributed by atoms with van der Waals surface area (Å²) in [7, 11) is 0. The van der Waals surface area contributed by atoms with Crippen molar-refractivity contribution in [3.8, 4) is 11.4 Å². The van der Waals surface area contributed by atoms with Crippen LogP contribution in [-0.2, 0) is 5.75 Å². The van der Waals surface area contributed by atoms with Gasteiger partial charge in [0.1, 0.15) is 0 Å². The van der Waals surface area contributed by atoms with Gasteiger partial charge in [-0.3, -0.25) is 0 Å². The Bertz CT molecular complexity index is 697. The molecule has 1 heterocycles. The molecule has 2 N–H and O–H groups in total. The average Bonchev–Trinajstić information content (AvgIpc) is 2.95. The molecular weight excluding hydrogens is 270 g/mol. The van der Waals surface area contributed by atoms with E-state index in [1.54, 1.807) is 11.8 Å². The van der Waals surface area contributed by atoms with Crippen LogP contribution in [0.5, 0.6) is 0 Å². The van der Waals surface area contributed by atoms with Gasteiger partial charge in [0.2, 0.25) is 11.7 Å². The van der Waals surface area contributed by atoms with Gasteiger partial charge in [0.25, 0.3) is 0 Å². The molecule has 4 nitrogen and oxygen atoms in total. The number of nitrogens with two attached hydrogens (primary N) is 1. The quantitative estimate of drug-likeness (QED) is 0.585. The van der Waals surface area contributed by atoms with Crippen LogP contribution in [0.4, 0.5) is 5.69 Å². The molecule has 0 spiro atoms. The molecule has 0 saturated carbocycles. The fourth-order valence-corrected chi connectivity index (χ4v) is 2.54. The first-order chi connectivity index (χ1) is 9.83. The lowest BCUT2D eigenvalue weighted by molar-refractivity contribution is 0.391. The van der Waals surface area contributed by atoms with E-state index in [0.29, 0.717) is 23.2 Å². The van der Waals surface area contributed by atoms with Crippen molar-refractivity contribution in [2.75, 3.05) is 5.73 Å². The lowest BCUT2D eigenvalue weighted by Crippen LogP contribution is -1.90. The number of thioether (sulfide) groups is 1. The average molecular weight is 283 g/mol. The van der Waals surface area contributed by atoms with E-state index in [9.17, 15) is 0 Å². The van der Waals surface area contributed by atoms with Gasteiger partial charge in [-0.2, -0.15) is 4.98 Å². The van der Waals surface area contributed by atoms with Crippen LogP contribution in [0.25, 0.3) is 11.4 Å². The van der Waals surface area contributed by atoms with E-state index in [-0.39, 0.29) is 0 Å². The number of nitrogens with zero attached hydrogens (tertiary/aromatic N) is 2. The highest BCUT2D eigenvalue weighted by molar-refractivity contribution is 7.98. The van der Waals surface area contributed by atoms with Crippen LogP contribution in [-0.4, -0.2) is 10.1 Å². The van der Waals surface area contributed by atoms with Gasteiger partial charge < -0.3 is 10.3 Å². The van der Waals surface area contributed by atoms with Crippen LogP contribution in [0, 0.1) is 0 Å². The largest absolute Gasteiger partial charge is 0.398 e. The molecule has 0 bridgehead atoms. The van der Waals surface area contributed by atoms with Gasteiger partial charge >= 0.3 is 0 Å². The smallest absolute Gasteiger partial charge is 0.237 e. The summed E-state index contributed by atoms with van der Waals surface area (Å²) in [6.07, 6.45) is 0. The third-order valence-electron chi connectivity index (χ3n) is 2.78. The van der Waals surface area contributed by atoms with Crippen LogP contribution in [0.2, 0.25) is 0 Å². The molecule has 2 aromatic carbocycles. The van der Waals surface area contributed by atoms with E-state index >= 15 is 0 Å². The predicted molar refractivity (Wildman–Crippen MR) is 80.1 cm³/mol. The maximum atomic E-state index is 5.90. The first-order valence-corrected chi connectivity index (χ1v) is 7.17. The van der Waals surface area contributed by atoms with Crippen molar-refractivity contribution < 1.29 is 4.52 Å². The lowest BCUT2D eigenvalue weighted by atomic mass is 10.2. The summed E-state index contributed by atoms with van der Waals surface area (Å²) in [6, 6.07) is 17.6. The summed E-state index contributed by atoms with van der Waals surface area (Å²) >= 11 is 1.66. The minimum absolute atomic E-state index is 0.534. The summed E-state index contributed by atoms with van der Waals surface area (Å²) in [5, 5.41) is 3.98. The number of anilines is 1. The van der Waals surface area contributed by atoms with Crippen molar-refractivity contribution in [1.82, 2.24) is 10.1 Å². The molecule has 0 unspecified atom stereocenters. The number of nitrogen functional groups attached to an aromatic ring is 1. The molecule has 100 valence electrons. The molecule has 0 radical (unpaired) electrons. The maximum Gasteiger partial charge on any atom is 0.237 e. The Hall–Kier alpha value is -2.27. The van der Waals surface area contributed by atoms with Gasteiger partial charge in [0.15, 0.2) is 0 Å². The highest BCUT2D eigenvalue weighted by Crippen LogP contribution is 2.25. The summed E-state index contributed by atoms with van der Waals surface area (Å²) in [5.41, 5.74) is 7.35. The van der Waals surface area contributed by atoms with E-state index in [1.807, 2.05) is 42.5 Å². The zero-order chi connectivity index (χ0) is 13.8. The molecule has 3 aromatic rings. The summed E-state index contributed by atoms with van der Waals surface area (Å²) in [5.74, 6) is 1.77. The zero-order valence-corrected chi connectivity index (χ0v) is 11.5. The predicted octanol–water partition coefficient (Wildman–Crippen LogP) is 3.61. The molecule has 5 heteroatoms. The second kappa shape index (κ2) is 5.79. The van der Waals surface area contributed by atoms with Crippen LogP contribution < -0.4 is 5.73 Å². The van der Waals surface area contributed by atoms with E-state index in [2.05, 4.69) is 22.3 Å². The number of benzene rings is 2. The summed E-state index contributed by atoms with van der Waals surface area (Å²) < 4.78 is 5.26. The van der Waals surface area contributed by atoms with Gasteiger partial charge in [-0.05, 0) is 24.3 Å². The molecule has 0 saturated heterocycles. The molecule has 0 fully saturated rings. The van der Waals surface area contributed by atoms with Gasteiger partial charge in [-0.1, -0.05) is 35.5 Å². The molecule has 1 aromatic heterocycles. The van der Waals surface area contributed by atoms with Crippen molar-refractivity contribution in [3.63, 3.8) is 0 Å². The highest BCUT2D eigenvalue weighted by Gasteiger charge is 2.10. The van der Waals surface area contributed by atoms with Gasteiger partial charge in [-0.15, -0.1) is 11.8 Å². The number of rotatable bonds is 4. The molecule has 0 amide bonds. The zero-order valence-electron chi connectivity index (χ0n) is 10.7. The number of hydrogen-bond acceptors (Lipinski definition) is 5. The van der Waals surface area contributed by atoms with Crippen molar-refractivity contribution in [3.05, 3.63) is 60.5 Å². The third-order valence-corrected chi connectivity index (χ3v) is 3.77. The fourth-order valence-electron chi connectivity index (χ4n) is 1.79. The van der Waals surface area contributed by atoms with E-state index in [1.165, 1.54) is 4.90 Å². The lowest BCUT2D eigenvalue weighted by Gasteiger charge is -1.98. The van der Waals surface area contributed by atoms with Crippen LogP contribution >= 0.6 is 11.8 Å². The standard InChI is InChI=1S/C15H13N3OS/c16-13-9-5-4-8-12(13)15-17-14(19-18-15)10-20-11-6-2-1-3-7-11/h1-9H,10,16H2. The number of para-hydroxylation sites is 1. The minimum atomic E-state index is 0.534.